The van der Waals surface area contributed by atoms with E-state index in [2.05, 4.69) is 45.0 Å². The predicted octanol–water partition coefficient (Wildman–Crippen LogP) is 1.76. The molecule has 0 bridgehead atoms. The number of benzene rings is 1. The van der Waals surface area contributed by atoms with Crippen LogP contribution in [0.1, 0.15) is 18.2 Å². The molecule has 2 amide bonds. The number of urea groups is 1. The number of morpholine rings is 1. The normalized spacial score (nSPS) is 19.3. The molecule has 2 atom stereocenters. The van der Waals surface area contributed by atoms with Gasteiger partial charge in [-0.05, 0) is 12.5 Å². The van der Waals surface area contributed by atoms with Gasteiger partial charge in [0.25, 0.3) is 0 Å². The number of nitrogens with one attached hydrogen (secondary N) is 2. The van der Waals surface area contributed by atoms with E-state index in [9.17, 15) is 4.79 Å². The summed E-state index contributed by atoms with van der Waals surface area (Å²) in [4.78, 5) is 14.4. The van der Waals surface area contributed by atoms with Gasteiger partial charge in [0.15, 0.2) is 0 Å². The van der Waals surface area contributed by atoms with Crippen molar-refractivity contribution in [1.82, 2.24) is 20.7 Å². The number of amides is 2. The number of hydrogen-bond donors (Lipinski definition) is 2. The lowest BCUT2D eigenvalue weighted by atomic mass is 10.1. The molecule has 2 heterocycles. The van der Waals surface area contributed by atoms with Gasteiger partial charge in [-0.3, -0.25) is 4.90 Å². The molecule has 1 aliphatic heterocycles. The molecule has 1 aromatic carbocycles. The van der Waals surface area contributed by atoms with Crippen LogP contribution in [0.25, 0.3) is 0 Å². The topological polar surface area (TPSA) is 79.6 Å². The molecule has 134 valence electrons. The molecule has 2 aromatic rings. The first-order chi connectivity index (χ1) is 12.2. The highest BCUT2D eigenvalue weighted by Gasteiger charge is 2.26. The van der Waals surface area contributed by atoms with Crippen LogP contribution in [0.5, 0.6) is 0 Å². The molecular formula is C18H24N4O3. The second-order valence-electron chi connectivity index (χ2n) is 6.24. The number of carbonyl (C=O) groups is 1. The highest BCUT2D eigenvalue weighted by molar-refractivity contribution is 5.74. The van der Waals surface area contributed by atoms with E-state index in [1.807, 2.05) is 13.0 Å². The van der Waals surface area contributed by atoms with Gasteiger partial charge in [-0.25, -0.2) is 4.79 Å². The zero-order valence-electron chi connectivity index (χ0n) is 14.4. The number of nitrogens with zero attached hydrogens (tertiary/aromatic N) is 2. The lowest BCUT2D eigenvalue weighted by Gasteiger charge is -2.36. The first-order valence-corrected chi connectivity index (χ1v) is 8.52. The van der Waals surface area contributed by atoms with Crippen LogP contribution in [0.15, 0.2) is 47.2 Å². The van der Waals surface area contributed by atoms with Crippen LogP contribution in [0.3, 0.4) is 0 Å². The predicted molar refractivity (Wildman–Crippen MR) is 92.8 cm³/mol. The number of carbonyl (C=O) groups excluding carboxylic acids is 1. The Morgan fingerprint density at radius 2 is 2.20 bits per heavy atom. The third kappa shape index (κ3) is 5.30. The number of hydrogen-bond acceptors (Lipinski definition) is 5. The standard InChI is InChI=1S/C18H24N4O3/c1-14(20-18(23)19-11-16-7-9-25-21-16)17-13-22(8-10-24-17)12-15-5-3-2-4-6-15/h2-7,9,14,17H,8,10-13H2,1H3,(H2,19,20,23)/t14-,17-/m0/s1. The Balaban J connectivity index is 1.44. The second kappa shape index (κ2) is 8.64. The van der Waals surface area contributed by atoms with Crippen molar-refractivity contribution in [3.05, 3.63) is 53.9 Å². The van der Waals surface area contributed by atoms with Gasteiger partial charge in [-0.1, -0.05) is 35.5 Å². The summed E-state index contributed by atoms with van der Waals surface area (Å²) in [7, 11) is 0. The van der Waals surface area contributed by atoms with Crippen LogP contribution in [-0.4, -0.2) is 47.9 Å². The van der Waals surface area contributed by atoms with Crippen LogP contribution in [0.2, 0.25) is 0 Å². The van der Waals surface area contributed by atoms with Crippen molar-refractivity contribution in [1.29, 1.82) is 0 Å². The van der Waals surface area contributed by atoms with Crippen molar-refractivity contribution in [2.75, 3.05) is 19.7 Å². The van der Waals surface area contributed by atoms with E-state index < -0.39 is 0 Å². The Morgan fingerprint density at radius 3 is 2.96 bits per heavy atom. The van der Waals surface area contributed by atoms with E-state index >= 15 is 0 Å². The van der Waals surface area contributed by atoms with Gasteiger partial charge in [-0.15, -0.1) is 0 Å². The summed E-state index contributed by atoms with van der Waals surface area (Å²) in [6.07, 6.45) is 1.45. The van der Waals surface area contributed by atoms with E-state index in [1.54, 1.807) is 6.07 Å². The summed E-state index contributed by atoms with van der Waals surface area (Å²) in [5.41, 5.74) is 1.97. The van der Waals surface area contributed by atoms with Crippen LogP contribution in [-0.2, 0) is 17.8 Å². The van der Waals surface area contributed by atoms with Crippen molar-refractivity contribution in [3.63, 3.8) is 0 Å². The third-order valence-electron chi connectivity index (χ3n) is 4.26. The molecule has 7 nitrogen and oxygen atoms in total. The summed E-state index contributed by atoms with van der Waals surface area (Å²) in [6.45, 7) is 5.55. The fraction of sp³-hybridized carbons (Fsp3) is 0.444. The van der Waals surface area contributed by atoms with Crippen LogP contribution >= 0.6 is 0 Å². The van der Waals surface area contributed by atoms with E-state index in [4.69, 9.17) is 9.26 Å². The molecular weight excluding hydrogens is 320 g/mol. The highest BCUT2D eigenvalue weighted by Crippen LogP contribution is 2.12. The molecule has 7 heteroatoms. The van der Waals surface area contributed by atoms with Gasteiger partial charge < -0.3 is 19.9 Å². The smallest absolute Gasteiger partial charge is 0.315 e. The Bertz CT molecular complexity index is 648. The van der Waals surface area contributed by atoms with Crippen LogP contribution in [0, 0.1) is 0 Å². The molecule has 1 fully saturated rings. The monoisotopic (exact) mass is 344 g/mol. The first-order valence-electron chi connectivity index (χ1n) is 8.52. The average Bonchev–Trinajstić information content (AvgIpc) is 3.15. The Morgan fingerprint density at radius 1 is 1.36 bits per heavy atom. The Labute approximate surface area is 147 Å². The molecule has 1 saturated heterocycles. The van der Waals surface area contributed by atoms with Gasteiger partial charge in [-0.2, -0.15) is 0 Å². The third-order valence-corrected chi connectivity index (χ3v) is 4.26. The highest BCUT2D eigenvalue weighted by atomic mass is 16.5. The lowest BCUT2D eigenvalue weighted by Crippen LogP contribution is -2.53. The molecule has 0 radical (unpaired) electrons. The lowest BCUT2D eigenvalue weighted by molar-refractivity contribution is -0.0442. The number of aromatic nitrogens is 1. The Kier molecular flexibility index (Phi) is 6.03. The van der Waals surface area contributed by atoms with Gasteiger partial charge in [0.05, 0.1) is 25.3 Å². The van der Waals surface area contributed by atoms with Crippen molar-refractivity contribution >= 4 is 6.03 Å². The van der Waals surface area contributed by atoms with Gasteiger partial charge in [0.2, 0.25) is 0 Å². The van der Waals surface area contributed by atoms with Gasteiger partial charge in [0, 0.05) is 25.7 Å². The fourth-order valence-electron chi connectivity index (χ4n) is 2.87. The van der Waals surface area contributed by atoms with Gasteiger partial charge in [0.1, 0.15) is 12.0 Å². The van der Waals surface area contributed by atoms with Gasteiger partial charge >= 0.3 is 6.03 Å². The summed E-state index contributed by atoms with van der Waals surface area (Å²) < 4.78 is 10.6. The minimum Gasteiger partial charge on any atom is -0.373 e. The quantitative estimate of drug-likeness (QED) is 0.835. The summed E-state index contributed by atoms with van der Waals surface area (Å²) >= 11 is 0. The molecule has 3 rings (SSSR count). The van der Waals surface area contributed by atoms with E-state index in [-0.39, 0.29) is 18.2 Å². The molecule has 0 aliphatic carbocycles. The minimum atomic E-state index is -0.237. The van der Waals surface area contributed by atoms with Crippen LogP contribution in [0.4, 0.5) is 4.79 Å². The minimum absolute atomic E-state index is 0.0322. The zero-order valence-corrected chi connectivity index (χ0v) is 14.4. The molecule has 0 saturated carbocycles. The van der Waals surface area contributed by atoms with Crippen molar-refractivity contribution in [2.24, 2.45) is 0 Å². The molecule has 0 unspecified atom stereocenters. The summed E-state index contributed by atoms with van der Waals surface area (Å²) in [6, 6.07) is 11.8. The maximum absolute atomic E-state index is 12.0. The molecule has 1 aromatic heterocycles. The number of ether oxygens (including phenoxy) is 1. The molecule has 2 N–H and O–H groups in total. The van der Waals surface area contributed by atoms with Crippen molar-refractivity contribution in [2.45, 2.75) is 32.2 Å². The number of rotatable bonds is 6. The largest absolute Gasteiger partial charge is 0.373 e. The molecule has 25 heavy (non-hydrogen) atoms. The summed E-state index contributed by atoms with van der Waals surface area (Å²) in [5, 5.41) is 9.46. The van der Waals surface area contributed by atoms with E-state index in [0.717, 1.165) is 19.6 Å². The SMILES string of the molecule is C[C@H](NC(=O)NCc1ccon1)[C@@H]1CN(Cc2ccccc2)CCO1. The van der Waals surface area contributed by atoms with E-state index in [0.29, 0.717) is 18.8 Å². The van der Waals surface area contributed by atoms with Crippen molar-refractivity contribution < 1.29 is 14.1 Å². The Hall–Kier alpha value is -2.38. The van der Waals surface area contributed by atoms with Crippen LogP contribution < -0.4 is 10.6 Å². The first kappa shape index (κ1) is 17.4. The second-order valence-corrected chi connectivity index (χ2v) is 6.24. The molecule has 0 spiro atoms. The summed E-state index contributed by atoms with van der Waals surface area (Å²) in [5.74, 6) is 0. The molecule has 1 aliphatic rings. The maximum Gasteiger partial charge on any atom is 0.315 e. The zero-order chi connectivity index (χ0) is 17.5. The fourth-order valence-corrected chi connectivity index (χ4v) is 2.87. The maximum atomic E-state index is 12.0. The average molecular weight is 344 g/mol. The van der Waals surface area contributed by atoms with Crippen molar-refractivity contribution in [3.8, 4) is 0 Å². The van der Waals surface area contributed by atoms with E-state index in [1.165, 1.54) is 11.8 Å².